The number of hydrogen-bond donors (Lipinski definition) is 1. The van der Waals surface area contributed by atoms with Crippen molar-refractivity contribution in [3.05, 3.63) is 0 Å². The van der Waals surface area contributed by atoms with Gasteiger partial charge in [-0.3, -0.25) is 0 Å². The van der Waals surface area contributed by atoms with Crippen LogP contribution in [0.25, 0.3) is 0 Å². The van der Waals surface area contributed by atoms with Gasteiger partial charge in [-0.2, -0.15) is 0 Å². The summed E-state index contributed by atoms with van der Waals surface area (Å²) in [6.07, 6.45) is 5.60. The minimum absolute atomic E-state index is 0.655. The topological polar surface area (TPSA) is 29.3 Å². The smallest absolute Gasteiger partial charge is 0.00948 e. The summed E-state index contributed by atoms with van der Waals surface area (Å²) < 4.78 is 0. The van der Waals surface area contributed by atoms with Gasteiger partial charge in [0, 0.05) is 12.6 Å². The fourth-order valence-electron chi connectivity index (χ4n) is 2.88. The normalized spacial score (nSPS) is 28.7. The van der Waals surface area contributed by atoms with Crippen LogP contribution in [0.15, 0.2) is 0 Å². The monoisotopic (exact) mass is 226 g/mol. The van der Waals surface area contributed by atoms with E-state index in [2.05, 4.69) is 32.7 Å². The molecular weight excluding hydrogens is 196 g/mol. The van der Waals surface area contributed by atoms with Crippen molar-refractivity contribution in [3.8, 4) is 0 Å². The Balaban J connectivity index is 2.40. The first kappa shape index (κ1) is 14.0. The zero-order valence-corrected chi connectivity index (χ0v) is 11.6. The molecule has 1 aliphatic carbocycles. The number of hydrogen-bond acceptors (Lipinski definition) is 2. The van der Waals surface area contributed by atoms with E-state index in [4.69, 9.17) is 5.73 Å². The molecule has 2 heteroatoms. The van der Waals surface area contributed by atoms with Gasteiger partial charge in [-0.05, 0) is 44.2 Å². The molecule has 0 aliphatic heterocycles. The summed E-state index contributed by atoms with van der Waals surface area (Å²) in [7, 11) is 2.29. The van der Waals surface area contributed by atoms with E-state index < -0.39 is 0 Å². The molecule has 0 spiro atoms. The molecule has 0 bridgehead atoms. The lowest BCUT2D eigenvalue weighted by atomic mass is 9.85. The summed E-state index contributed by atoms with van der Waals surface area (Å²) in [4.78, 5) is 2.56. The lowest BCUT2D eigenvalue weighted by Crippen LogP contribution is -2.41. The van der Waals surface area contributed by atoms with E-state index in [-0.39, 0.29) is 0 Å². The molecular formula is C14H30N2. The summed E-state index contributed by atoms with van der Waals surface area (Å²) in [5, 5.41) is 0. The van der Waals surface area contributed by atoms with E-state index in [9.17, 15) is 0 Å². The molecule has 16 heavy (non-hydrogen) atoms. The van der Waals surface area contributed by atoms with Gasteiger partial charge in [-0.1, -0.05) is 33.6 Å². The standard InChI is InChI=1S/C14H30N2/c1-11(2)13(9-15)10-16(4)14-7-5-6-12(3)8-14/h11-14H,5-10,15H2,1-4H3. The zero-order chi connectivity index (χ0) is 12.1. The summed E-state index contributed by atoms with van der Waals surface area (Å²) in [6.45, 7) is 8.96. The quantitative estimate of drug-likeness (QED) is 0.781. The molecule has 1 rings (SSSR count). The highest BCUT2D eigenvalue weighted by Crippen LogP contribution is 2.27. The third-order valence-electron chi connectivity index (χ3n) is 4.30. The molecule has 1 saturated carbocycles. The highest BCUT2D eigenvalue weighted by molar-refractivity contribution is 4.79. The second-order valence-corrected chi connectivity index (χ2v) is 6.10. The molecule has 0 heterocycles. The van der Waals surface area contributed by atoms with Gasteiger partial charge in [0.15, 0.2) is 0 Å². The molecule has 0 amide bonds. The van der Waals surface area contributed by atoms with Gasteiger partial charge in [0.2, 0.25) is 0 Å². The number of rotatable bonds is 5. The van der Waals surface area contributed by atoms with Crippen molar-refractivity contribution in [1.29, 1.82) is 0 Å². The highest BCUT2D eigenvalue weighted by Gasteiger charge is 2.24. The van der Waals surface area contributed by atoms with Crippen molar-refractivity contribution < 1.29 is 0 Å². The molecule has 3 atom stereocenters. The minimum atomic E-state index is 0.655. The van der Waals surface area contributed by atoms with Crippen LogP contribution in [0, 0.1) is 17.8 Å². The lowest BCUT2D eigenvalue weighted by molar-refractivity contribution is 0.133. The molecule has 0 aromatic carbocycles. The van der Waals surface area contributed by atoms with E-state index in [0.29, 0.717) is 11.8 Å². The molecule has 3 unspecified atom stereocenters. The molecule has 2 N–H and O–H groups in total. The molecule has 0 saturated heterocycles. The SMILES string of the molecule is CC1CCCC(N(C)CC(CN)C(C)C)C1. The van der Waals surface area contributed by atoms with Gasteiger partial charge in [-0.25, -0.2) is 0 Å². The van der Waals surface area contributed by atoms with Crippen molar-refractivity contribution in [2.24, 2.45) is 23.5 Å². The predicted octanol–water partition coefficient (Wildman–Crippen LogP) is 2.73. The van der Waals surface area contributed by atoms with Crippen molar-refractivity contribution in [2.45, 2.75) is 52.5 Å². The average Bonchev–Trinajstić information content (AvgIpc) is 2.25. The maximum Gasteiger partial charge on any atom is 0.00948 e. The van der Waals surface area contributed by atoms with Gasteiger partial charge < -0.3 is 10.6 Å². The highest BCUT2D eigenvalue weighted by atomic mass is 15.1. The van der Waals surface area contributed by atoms with Crippen LogP contribution >= 0.6 is 0 Å². The summed E-state index contributed by atoms with van der Waals surface area (Å²) in [5.74, 6) is 2.27. The first-order valence-electron chi connectivity index (χ1n) is 6.94. The minimum Gasteiger partial charge on any atom is -0.330 e. The first-order valence-corrected chi connectivity index (χ1v) is 6.94. The van der Waals surface area contributed by atoms with E-state index in [1.165, 1.54) is 32.2 Å². The van der Waals surface area contributed by atoms with Crippen LogP contribution in [0.3, 0.4) is 0 Å². The Hall–Kier alpha value is -0.0800. The molecule has 96 valence electrons. The number of nitrogens with zero attached hydrogens (tertiary/aromatic N) is 1. The van der Waals surface area contributed by atoms with Crippen LogP contribution in [-0.2, 0) is 0 Å². The van der Waals surface area contributed by atoms with Crippen LogP contribution in [0.1, 0.15) is 46.5 Å². The third-order valence-corrected chi connectivity index (χ3v) is 4.30. The molecule has 0 aromatic heterocycles. The zero-order valence-electron chi connectivity index (χ0n) is 11.6. The maximum absolute atomic E-state index is 5.85. The Bertz CT molecular complexity index is 191. The second-order valence-electron chi connectivity index (χ2n) is 6.10. The van der Waals surface area contributed by atoms with Gasteiger partial charge >= 0.3 is 0 Å². The Morgan fingerprint density at radius 1 is 1.31 bits per heavy atom. The third kappa shape index (κ3) is 4.06. The van der Waals surface area contributed by atoms with Gasteiger partial charge in [-0.15, -0.1) is 0 Å². The second kappa shape index (κ2) is 6.61. The fraction of sp³-hybridized carbons (Fsp3) is 1.00. The van der Waals surface area contributed by atoms with Crippen LogP contribution in [0.2, 0.25) is 0 Å². The summed E-state index contributed by atoms with van der Waals surface area (Å²) in [5.41, 5.74) is 5.85. The molecule has 1 fully saturated rings. The van der Waals surface area contributed by atoms with Crippen LogP contribution < -0.4 is 5.73 Å². The predicted molar refractivity (Wildman–Crippen MR) is 71.4 cm³/mol. The van der Waals surface area contributed by atoms with Crippen LogP contribution in [-0.4, -0.2) is 31.1 Å². The number of nitrogens with two attached hydrogens (primary N) is 1. The van der Waals surface area contributed by atoms with Gasteiger partial charge in [0.05, 0.1) is 0 Å². The molecule has 0 radical (unpaired) electrons. The molecule has 0 aromatic rings. The Kier molecular flexibility index (Phi) is 5.77. The average molecular weight is 226 g/mol. The van der Waals surface area contributed by atoms with Gasteiger partial charge in [0.1, 0.15) is 0 Å². The van der Waals surface area contributed by atoms with Crippen molar-refractivity contribution in [3.63, 3.8) is 0 Å². The van der Waals surface area contributed by atoms with E-state index in [0.717, 1.165) is 18.5 Å². The van der Waals surface area contributed by atoms with Gasteiger partial charge in [0.25, 0.3) is 0 Å². The van der Waals surface area contributed by atoms with Crippen molar-refractivity contribution in [2.75, 3.05) is 20.1 Å². The summed E-state index contributed by atoms with van der Waals surface area (Å²) >= 11 is 0. The maximum atomic E-state index is 5.85. The summed E-state index contributed by atoms with van der Waals surface area (Å²) in [6, 6.07) is 0.802. The van der Waals surface area contributed by atoms with Crippen molar-refractivity contribution >= 4 is 0 Å². The Morgan fingerprint density at radius 3 is 2.50 bits per heavy atom. The van der Waals surface area contributed by atoms with E-state index in [1.54, 1.807) is 0 Å². The van der Waals surface area contributed by atoms with E-state index in [1.807, 2.05) is 0 Å². The molecule has 2 nitrogen and oxygen atoms in total. The van der Waals surface area contributed by atoms with Crippen LogP contribution in [0.4, 0.5) is 0 Å². The van der Waals surface area contributed by atoms with Crippen LogP contribution in [0.5, 0.6) is 0 Å². The first-order chi connectivity index (χ1) is 7.54. The largest absolute Gasteiger partial charge is 0.330 e. The molecule has 1 aliphatic rings. The Morgan fingerprint density at radius 2 is 2.00 bits per heavy atom. The lowest BCUT2D eigenvalue weighted by Gasteiger charge is -2.36. The Labute approximate surface area is 102 Å². The van der Waals surface area contributed by atoms with E-state index >= 15 is 0 Å². The van der Waals surface area contributed by atoms with Crippen molar-refractivity contribution in [1.82, 2.24) is 4.90 Å². The fourth-order valence-corrected chi connectivity index (χ4v) is 2.88.